The Labute approximate surface area is 245 Å². The highest BCUT2D eigenvalue weighted by Crippen LogP contribution is 2.32. The minimum Gasteiger partial charge on any atom is -0.488 e. The number of hydrogen-bond donors (Lipinski definition) is 0. The second kappa shape index (κ2) is 14.3. The van der Waals surface area contributed by atoms with E-state index in [1.807, 2.05) is 121 Å². The average molecular weight is 559 g/mol. The van der Waals surface area contributed by atoms with Gasteiger partial charge in [-0.1, -0.05) is 121 Å². The smallest absolute Gasteiger partial charge is 0.342 e. The van der Waals surface area contributed by atoms with Crippen LogP contribution in [0.1, 0.15) is 43.0 Å². The van der Waals surface area contributed by atoms with Crippen molar-refractivity contribution in [1.82, 2.24) is 0 Å². The molecule has 6 nitrogen and oxygen atoms in total. The van der Waals surface area contributed by atoms with Crippen LogP contribution in [0.15, 0.2) is 133 Å². The molecule has 0 spiro atoms. The zero-order valence-corrected chi connectivity index (χ0v) is 23.0. The molecule has 0 saturated carbocycles. The van der Waals surface area contributed by atoms with E-state index in [4.69, 9.17) is 18.9 Å². The van der Waals surface area contributed by atoms with Crippen molar-refractivity contribution < 1.29 is 28.5 Å². The van der Waals surface area contributed by atoms with Gasteiger partial charge in [-0.15, -0.1) is 0 Å². The van der Waals surface area contributed by atoms with Crippen LogP contribution in [0.2, 0.25) is 0 Å². The maximum Gasteiger partial charge on any atom is 0.342 e. The van der Waals surface area contributed by atoms with Crippen molar-refractivity contribution in [1.29, 1.82) is 0 Å². The van der Waals surface area contributed by atoms with E-state index in [1.165, 1.54) is 12.1 Å². The minimum absolute atomic E-state index is 0.0822. The van der Waals surface area contributed by atoms with Gasteiger partial charge in [0, 0.05) is 0 Å². The van der Waals surface area contributed by atoms with Gasteiger partial charge in [0.25, 0.3) is 0 Å². The number of benzene rings is 5. The third-order valence-electron chi connectivity index (χ3n) is 6.42. The van der Waals surface area contributed by atoms with Crippen molar-refractivity contribution in [3.8, 4) is 11.5 Å². The van der Waals surface area contributed by atoms with Crippen LogP contribution in [-0.4, -0.2) is 11.9 Å². The first-order valence-electron chi connectivity index (χ1n) is 13.6. The lowest BCUT2D eigenvalue weighted by molar-refractivity contribution is 0.0449. The molecule has 5 rings (SSSR count). The maximum absolute atomic E-state index is 13.4. The van der Waals surface area contributed by atoms with Gasteiger partial charge >= 0.3 is 11.9 Å². The molecule has 0 aliphatic heterocycles. The van der Waals surface area contributed by atoms with E-state index in [0.717, 1.165) is 22.3 Å². The van der Waals surface area contributed by atoms with Crippen molar-refractivity contribution in [2.45, 2.75) is 26.4 Å². The van der Waals surface area contributed by atoms with Gasteiger partial charge in [-0.05, 0) is 34.4 Å². The van der Waals surface area contributed by atoms with E-state index in [1.54, 1.807) is 0 Å². The molecule has 0 N–H and O–H groups in total. The second-order valence-electron chi connectivity index (χ2n) is 9.52. The summed E-state index contributed by atoms with van der Waals surface area (Å²) in [6, 6.07) is 40.9. The molecule has 5 aromatic rings. The first-order valence-corrected chi connectivity index (χ1v) is 13.6. The first kappa shape index (κ1) is 28.2. The normalized spacial score (nSPS) is 10.5. The number of rotatable bonds is 12. The summed E-state index contributed by atoms with van der Waals surface area (Å²) in [5.74, 6) is -0.822. The molecule has 42 heavy (non-hydrogen) atoms. The summed E-state index contributed by atoms with van der Waals surface area (Å²) in [4.78, 5) is 26.8. The summed E-state index contributed by atoms with van der Waals surface area (Å²) < 4.78 is 23.5. The zero-order valence-electron chi connectivity index (χ0n) is 23.0. The summed E-state index contributed by atoms with van der Waals surface area (Å²) in [6.45, 7) is 0.531. The standard InChI is InChI=1S/C36H30O6/c37-35(41-25-29-17-9-3-10-18-29)31-22-34(40-24-28-15-7-2-8-16-28)32(36(38)42-26-30-19-11-4-12-20-30)21-33(31)39-23-27-13-5-1-6-14-27/h1-22H,23-26H2. The van der Waals surface area contributed by atoms with Gasteiger partial charge in [0.05, 0.1) is 0 Å². The molecule has 0 heterocycles. The molecular weight excluding hydrogens is 528 g/mol. The second-order valence-corrected chi connectivity index (χ2v) is 9.52. The van der Waals surface area contributed by atoms with Crippen LogP contribution >= 0.6 is 0 Å². The monoisotopic (exact) mass is 558 g/mol. The molecule has 0 saturated heterocycles. The molecule has 6 heteroatoms. The summed E-state index contributed by atoms with van der Waals surface area (Å²) >= 11 is 0. The number of ether oxygens (including phenoxy) is 4. The van der Waals surface area contributed by atoms with Gasteiger partial charge in [-0.25, -0.2) is 9.59 Å². The van der Waals surface area contributed by atoms with E-state index >= 15 is 0 Å². The molecule has 0 bridgehead atoms. The molecule has 0 aliphatic carbocycles. The molecule has 0 fully saturated rings. The Bertz CT molecular complexity index is 1460. The lowest BCUT2D eigenvalue weighted by atomic mass is 10.1. The van der Waals surface area contributed by atoms with Crippen molar-refractivity contribution in [3.05, 3.63) is 167 Å². The van der Waals surface area contributed by atoms with Crippen LogP contribution in [0.5, 0.6) is 11.5 Å². The van der Waals surface area contributed by atoms with Crippen molar-refractivity contribution in [2.75, 3.05) is 0 Å². The van der Waals surface area contributed by atoms with E-state index in [-0.39, 0.29) is 49.1 Å². The Morgan fingerprint density at radius 3 is 1.00 bits per heavy atom. The first-order chi connectivity index (χ1) is 20.7. The van der Waals surface area contributed by atoms with Gasteiger partial charge in [-0.2, -0.15) is 0 Å². The fourth-order valence-electron chi connectivity index (χ4n) is 4.19. The van der Waals surface area contributed by atoms with Gasteiger partial charge in [0.2, 0.25) is 0 Å². The van der Waals surface area contributed by atoms with E-state index in [9.17, 15) is 9.59 Å². The van der Waals surface area contributed by atoms with Crippen molar-refractivity contribution in [2.24, 2.45) is 0 Å². The van der Waals surface area contributed by atoms with Gasteiger partial charge in [0.1, 0.15) is 49.1 Å². The van der Waals surface area contributed by atoms with Crippen LogP contribution in [0.25, 0.3) is 0 Å². The third-order valence-corrected chi connectivity index (χ3v) is 6.42. The third kappa shape index (κ3) is 7.86. The number of hydrogen-bond acceptors (Lipinski definition) is 6. The van der Waals surface area contributed by atoms with Crippen LogP contribution in [0.3, 0.4) is 0 Å². The fraction of sp³-hybridized carbons (Fsp3) is 0.111. The SMILES string of the molecule is O=C(OCc1ccccc1)c1cc(OCc2ccccc2)c(C(=O)OCc2ccccc2)cc1OCc1ccccc1. The zero-order chi connectivity index (χ0) is 29.0. The van der Waals surface area contributed by atoms with Crippen LogP contribution in [0, 0.1) is 0 Å². The van der Waals surface area contributed by atoms with Crippen molar-refractivity contribution >= 4 is 11.9 Å². The molecule has 0 aromatic heterocycles. The number of carbonyl (C=O) groups excluding carboxylic acids is 2. The predicted molar refractivity (Wildman–Crippen MR) is 159 cm³/mol. The largest absolute Gasteiger partial charge is 0.488 e. The highest BCUT2D eigenvalue weighted by atomic mass is 16.5. The van der Waals surface area contributed by atoms with Crippen molar-refractivity contribution in [3.63, 3.8) is 0 Å². The Balaban J connectivity index is 1.46. The molecule has 0 radical (unpaired) electrons. The van der Waals surface area contributed by atoms with E-state index in [0.29, 0.717) is 0 Å². The topological polar surface area (TPSA) is 71.1 Å². The lowest BCUT2D eigenvalue weighted by Crippen LogP contribution is -2.13. The number of esters is 2. The molecule has 0 aliphatic rings. The molecule has 0 unspecified atom stereocenters. The molecule has 0 amide bonds. The predicted octanol–water partition coefficient (Wildman–Crippen LogP) is 7.56. The van der Waals surface area contributed by atoms with Gasteiger partial charge in [0.15, 0.2) is 0 Å². The molecule has 210 valence electrons. The maximum atomic E-state index is 13.4. The highest BCUT2D eigenvalue weighted by molar-refractivity contribution is 5.98. The summed E-state index contributed by atoms with van der Waals surface area (Å²) in [7, 11) is 0. The molecule has 0 atom stereocenters. The van der Waals surface area contributed by atoms with Crippen LogP contribution < -0.4 is 9.47 Å². The van der Waals surface area contributed by atoms with Gasteiger partial charge in [-0.3, -0.25) is 0 Å². The summed E-state index contributed by atoms with van der Waals surface area (Å²) in [6.07, 6.45) is 0. The Kier molecular flexibility index (Phi) is 9.61. The molecule has 5 aromatic carbocycles. The number of carbonyl (C=O) groups is 2. The van der Waals surface area contributed by atoms with Gasteiger partial charge < -0.3 is 18.9 Å². The summed E-state index contributed by atoms with van der Waals surface area (Å²) in [5.41, 5.74) is 3.78. The van der Waals surface area contributed by atoms with E-state index < -0.39 is 11.9 Å². The highest BCUT2D eigenvalue weighted by Gasteiger charge is 2.24. The van der Waals surface area contributed by atoms with E-state index in [2.05, 4.69) is 0 Å². The summed E-state index contributed by atoms with van der Waals surface area (Å²) in [5, 5.41) is 0. The fourth-order valence-corrected chi connectivity index (χ4v) is 4.19. The Hall–Kier alpha value is -5.36. The minimum atomic E-state index is -0.601. The van der Waals surface area contributed by atoms with Crippen LogP contribution in [0.4, 0.5) is 0 Å². The molecular formula is C36H30O6. The quantitative estimate of drug-likeness (QED) is 0.147. The Morgan fingerprint density at radius 2 is 0.690 bits per heavy atom. The lowest BCUT2D eigenvalue weighted by Gasteiger charge is -2.17. The van der Waals surface area contributed by atoms with Crippen LogP contribution in [-0.2, 0) is 35.9 Å². The Morgan fingerprint density at radius 1 is 0.405 bits per heavy atom. The average Bonchev–Trinajstić information content (AvgIpc) is 3.06.